The fourth-order valence-corrected chi connectivity index (χ4v) is 5.93. The van der Waals surface area contributed by atoms with Gasteiger partial charge in [-0.1, -0.05) is 53.6 Å². The van der Waals surface area contributed by atoms with Crippen molar-refractivity contribution < 1.29 is 17.6 Å². The fraction of sp³-hybridized carbons (Fsp3) is 0.269. The Labute approximate surface area is 205 Å². The van der Waals surface area contributed by atoms with Gasteiger partial charge < -0.3 is 5.32 Å². The molecule has 1 N–H and O–H groups in total. The number of carbonyl (C=O) groups excluding carboxylic acids is 1. The lowest BCUT2D eigenvalue weighted by atomic mass is 10.1. The van der Waals surface area contributed by atoms with Gasteiger partial charge in [0.15, 0.2) is 0 Å². The number of benzene rings is 3. The van der Waals surface area contributed by atoms with Gasteiger partial charge in [-0.3, -0.25) is 4.79 Å². The molecular formula is C26H28ClFN2O3S. The molecule has 0 fully saturated rings. The molecule has 3 rings (SSSR count). The van der Waals surface area contributed by atoms with Crippen molar-refractivity contribution in [2.24, 2.45) is 0 Å². The zero-order chi connectivity index (χ0) is 25.0. The standard InChI is InChI=1S/C26H28ClFN2O3S/c1-17-13-18(2)26(19(3)14-17)34(32,33)30(15-21-5-9-23(27)10-6-21)16-25(31)29-20(4)22-7-11-24(28)12-8-22/h5-14,20H,15-16H2,1-4H3,(H,29,31)/t20-/m0/s1. The van der Waals surface area contributed by atoms with E-state index in [9.17, 15) is 17.6 Å². The topological polar surface area (TPSA) is 66.5 Å². The highest BCUT2D eigenvalue weighted by Gasteiger charge is 2.30. The summed E-state index contributed by atoms with van der Waals surface area (Å²) in [5, 5.41) is 3.35. The Hall–Kier alpha value is -2.74. The molecule has 0 bridgehead atoms. The van der Waals surface area contributed by atoms with Gasteiger partial charge in [-0.25, -0.2) is 12.8 Å². The van der Waals surface area contributed by atoms with E-state index >= 15 is 0 Å². The minimum absolute atomic E-state index is 0.00457. The van der Waals surface area contributed by atoms with E-state index in [1.54, 1.807) is 57.2 Å². The average molecular weight is 503 g/mol. The predicted octanol–water partition coefficient (Wildman–Crippen LogP) is 5.47. The molecule has 0 spiro atoms. The van der Waals surface area contributed by atoms with E-state index in [-0.39, 0.29) is 23.8 Å². The molecule has 0 aliphatic heterocycles. The molecule has 5 nitrogen and oxygen atoms in total. The van der Waals surface area contributed by atoms with Crippen LogP contribution in [0.4, 0.5) is 4.39 Å². The second-order valence-electron chi connectivity index (χ2n) is 8.47. The summed E-state index contributed by atoms with van der Waals surface area (Å²) in [5.74, 6) is -0.830. The maximum Gasteiger partial charge on any atom is 0.244 e. The molecule has 0 aliphatic rings. The normalized spacial score (nSPS) is 12.6. The van der Waals surface area contributed by atoms with Crippen molar-refractivity contribution in [1.82, 2.24) is 9.62 Å². The van der Waals surface area contributed by atoms with Crippen LogP contribution in [-0.2, 0) is 21.4 Å². The molecule has 0 radical (unpaired) electrons. The van der Waals surface area contributed by atoms with Gasteiger partial charge in [0.05, 0.1) is 17.5 Å². The van der Waals surface area contributed by atoms with E-state index in [1.807, 2.05) is 19.1 Å². The third-order valence-corrected chi connectivity index (χ3v) is 7.89. The first-order chi connectivity index (χ1) is 16.0. The van der Waals surface area contributed by atoms with Gasteiger partial charge in [0, 0.05) is 11.6 Å². The highest BCUT2D eigenvalue weighted by molar-refractivity contribution is 7.89. The van der Waals surface area contributed by atoms with Crippen molar-refractivity contribution in [2.75, 3.05) is 6.54 Å². The summed E-state index contributed by atoms with van der Waals surface area (Å²) in [6, 6.07) is 15.9. The largest absolute Gasteiger partial charge is 0.348 e. The number of hydrogen-bond donors (Lipinski definition) is 1. The quantitative estimate of drug-likeness (QED) is 0.444. The first-order valence-electron chi connectivity index (χ1n) is 10.8. The summed E-state index contributed by atoms with van der Waals surface area (Å²) < 4.78 is 41.9. The molecule has 0 saturated carbocycles. The van der Waals surface area contributed by atoms with Gasteiger partial charge in [-0.05, 0) is 74.2 Å². The third-order valence-electron chi connectivity index (χ3n) is 5.54. The van der Waals surface area contributed by atoms with E-state index in [4.69, 9.17) is 11.6 Å². The van der Waals surface area contributed by atoms with Crippen molar-refractivity contribution in [3.8, 4) is 0 Å². The third kappa shape index (κ3) is 6.23. The molecule has 3 aromatic rings. The molecule has 0 unspecified atom stereocenters. The van der Waals surface area contributed by atoms with E-state index < -0.39 is 22.0 Å². The average Bonchev–Trinajstić information content (AvgIpc) is 2.74. The maximum absolute atomic E-state index is 13.8. The van der Waals surface area contributed by atoms with Gasteiger partial charge >= 0.3 is 0 Å². The van der Waals surface area contributed by atoms with Crippen LogP contribution in [0.2, 0.25) is 5.02 Å². The summed E-state index contributed by atoms with van der Waals surface area (Å²) >= 11 is 5.98. The summed E-state index contributed by atoms with van der Waals surface area (Å²) in [7, 11) is -4.00. The number of aryl methyl sites for hydroxylation is 3. The minimum atomic E-state index is -4.00. The molecule has 3 aromatic carbocycles. The lowest BCUT2D eigenvalue weighted by Crippen LogP contribution is -2.41. The fourth-order valence-electron chi connectivity index (χ4n) is 4.00. The number of rotatable bonds is 8. The van der Waals surface area contributed by atoms with E-state index in [2.05, 4.69) is 5.32 Å². The molecule has 0 aromatic heterocycles. The van der Waals surface area contributed by atoms with Crippen LogP contribution < -0.4 is 5.32 Å². The number of amides is 1. The first-order valence-corrected chi connectivity index (χ1v) is 12.7. The Bertz CT molecular complexity index is 1250. The summed E-state index contributed by atoms with van der Waals surface area (Å²) in [6.45, 7) is 6.81. The van der Waals surface area contributed by atoms with Gasteiger partial charge in [0.25, 0.3) is 0 Å². The van der Waals surface area contributed by atoms with Gasteiger partial charge in [-0.15, -0.1) is 0 Å². The Morgan fingerprint density at radius 2 is 1.56 bits per heavy atom. The van der Waals surface area contributed by atoms with Crippen molar-refractivity contribution in [3.63, 3.8) is 0 Å². The monoisotopic (exact) mass is 502 g/mol. The van der Waals surface area contributed by atoms with Crippen LogP contribution in [0.25, 0.3) is 0 Å². The zero-order valence-corrected chi connectivity index (χ0v) is 21.2. The van der Waals surface area contributed by atoms with Crippen LogP contribution in [0.15, 0.2) is 65.6 Å². The van der Waals surface area contributed by atoms with E-state index in [0.29, 0.717) is 27.3 Å². The summed E-state index contributed by atoms with van der Waals surface area (Å²) in [4.78, 5) is 13.1. The number of carbonyl (C=O) groups is 1. The number of nitrogens with one attached hydrogen (secondary N) is 1. The highest BCUT2D eigenvalue weighted by atomic mass is 35.5. The molecule has 0 aliphatic carbocycles. The zero-order valence-electron chi connectivity index (χ0n) is 19.6. The Kier molecular flexibility index (Phi) is 8.13. The highest BCUT2D eigenvalue weighted by Crippen LogP contribution is 2.27. The second-order valence-corrected chi connectivity index (χ2v) is 10.8. The van der Waals surface area contributed by atoms with Crippen molar-refractivity contribution >= 4 is 27.5 Å². The number of hydrogen-bond acceptors (Lipinski definition) is 3. The lowest BCUT2D eigenvalue weighted by Gasteiger charge is -2.25. The molecular weight excluding hydrogens is 475 g/mol. The molecule has 1 atom stereocenters. The number of nitrogens with zero attached hydrogens (tertiary/aromatic N) is 1. The number of sulfonamides is 1. The number of halogens is 2. The van der Waals surface area contributed by atoms with Crippen LogP contribution in [0.3, 0.4) is 0 Å². The predicted molar refractivity (Wildman–Crippen MR) is 133 cm³/mol. The Balaban J connectivity index is 1.91. The van der Waals surface area contributed by atoms with Crippen LogP contribution in [0.1, 0.15) is 40.8 Å². The van der Waals surface area contributed by atoms with Crippen LogP contribution in [0, 0.1) is 26.6 Å². The van der Waals surface area contributed by atoms with E-state index in [0.717, 1.165) is 5.56 Å². The Morgan fingerprint density at radius 3 is 2.12 bits per heavy atom. The molecule has 34 heavy (non-hydrogen) atoms. The summed E-state index contributed by atoms with van der Waals surface area (Å²) in [5.41, 5.74) is 3.63. The van der Waals surface area contributed by atoms with Crippen molar-refractivity contribution in [3.05, 3.63) is 99.3 Å². The minimum Gasteiger partial charge on any atom is -0.348 e. The summed E-state index contributed by atoms with van der Waals surface area (Å²) in [6.07, 6.45) is 0. The van der Waals surface area contributed by atoms with Gasteiger partial charge in [0.2, 0.25) is 15.9 Å². The maximum atomic E-state index is 13.8. The van der Waals surface area contributed by atoms with Crippen molar-refractivity contribution in [1.29, 1.82) is 0 Å². The molecule has 180 valence electrons. The van der Waals surface area contributed by atoms with Crippen molar-refractivity contribution in [2.45, 2.75) is 45.2 Å². The molecule has 1 amide bonds. The smallest absolute Gasteiger partial charge is 0.244 e. The van der Waals surface area contributed by atoms with Gasteiger partial charge in [-0.2, -0.15) is 4.31 Å². The van der Waals surface area contributed by atoms with Crippen LogP contribution in [-0.4, -0.2) is 25.2 Å². The van der Waals surface area contributed by atoms with Gasteiger partial charge in [0.1, 0.15) is 5.82 Å². The molecule has 8 heteroatoms. The SMILES string of the molecule is Cc1cc(C)c(S(=O)(=O)N(CC(=O)N[C@@H](C)c2ccc(F)cc2)Cc2ccc(Cl)cc2)c(C)c1. The first kappa shape index (κ1) is 25.9. The molecule has 0 saturated heterocycles. The van der Waals surface area contributed by atoms with Crippen LogP contribution >= 0.6 is 11.6 Å². The lowest BCUT2D eigenvalue weighted by molar-refractivity contribution is -0.122. The van der Waals surface area contributed by atoms with Crippen LogP contribution in [0.5, 0.6) is 0 Å². The van der Waals surface area contributed by atoms with E-state index in [1.165, 1.54) is 16.4 Å². The Morgan fingerprint density at radius 1 is 1.00 bits per heavy atom. The molecule has 0 heterocycles. The second kappa shape index (κ2) is 10.7.